The van der Waals surface area contributed by atoms with Gasteiger partial charge in [0.1, 0.15) is 5.51 Å². The number of nitrogens with zero attached hydrogens (tertiary/aromatic N) is 2. The van der Waals surface area contributed by atoms with Gasteiger partial charge in [0, 0.05) is 11.9 Å². The molecule has 0 aromatic carbocycles. The monoisotopic (exact) mass is 177 g/mol. The molecular formula is C5H8ClN3S. The Balaban J connectivity index is 2.28. The van der Waals surface area contributed by atoms with Crippen molar-refractivity contribution in [3.05, 3.63) is 5.51 Å². The molecule has 0 bridgehead atoms. The predicted molar refractivity (Wildman–Crippen MR) is 43.7 cm³/mol. The maximum atomic E-state index is 5.69. The second-order valence-corrected chi connectivity index (χ2v) is 3.48. The molecule has 1 N–H and O–H groups in total. The van der Waals surface area contributed by atoms with E-state index in [1.54, 1.807) is 5.51 Å². The zero-order chi connectivity index (χ0) is 7.40. The smallest absolute Gasteiger partial charge is 0.205 e. The third-order valence-electron chi connectivity index (χ3n) is 0.895. The first-order valence-electron chi connectivity index (χ1n) is 2.93. The van der Waals surface area contributed by atoms with Crippen LogP contribution in [0.1, 0.15) is 6.92 Å². The van der Waals surface area contributed by atoms with Crippen molar-refractivity contribution in [3.63, 3.8) is 0 Å². The highest BCUT2D eigenvalue weighted by atomic mass is 35.5. The van der Waals surface area contributed by atoms with Crippen LogP contribution in [0.5, 0.6) is 0 Å². The number of hydrogen-bond donors (Lipinski definition) is 1. The van der Waals surface area contributed by atoms with Gasteiger partial charge in [-0.25, -0.2) is 0 Å². The minimum Gasteiger partial charge on any atom is -0.359 e. The summed E-state index contributed by atoms with van der Waals surface area (Å²) < 4.78 is 0. The maximum absolute atomic E-state index is 5.69. The Labute approximate surface area is 68.4 Å². The Bertz CT molecular complexity index is 175. The summed E-state index contributed by atoms with van der Waals surface area (Å²) in [5, 5.41) is 11.4. The highest BCUT2D eigenvalue weighted by Crippen LogP contribution is 2.08. The Kier molecular flexibility index (Phi) is 2.89. The van der Waals surface area contributed by atoms with Crippen LogP contribution in [0.2, 0.25) is 0 Å². The Morgan fingerprint density at radius 2 is 2.70 bits per heavy atom. The van der Waals surface area contributed by atoms with Crippen molar-refractivity contribution >= 4 is 28.1 Å². The van der Waals surface area contributed by atoms with Gasteiger partial charge in [0.05, 0.1) is 0 Å². The summed E-state index contributed by atoms with van der Waals surface area (Å²) in [4.78, 5) is 0. The molecule has 1 aromatic rings. The van der Waals surface area contributed by atoms with Crippen LogP contribution in [-0.4, -0.2) is 22.1 Å². The van der Waals surface area contributed by atoms with Crippen molar-refractivity contribution in [1.29, 1.82) is 0 Å². The lowest BCUT2D eigenvalue weighted by Gasteiger charge is -2.01. The van der Waals surface area contributed by atoms with Crippen molar-refractivity contribution in [3.8, 4) is 0 Å². The molecule has 1 heterocycles. The maximum Gasteiger partial charge on any atom is 0.205 e. The lowest BCUT2D eigenvalue weighted by Crippen LogP contribution is -2.09. The van der Waals surface area contributed by atoms with Gasteiger partial charge in [-0.3, -0.25) is 0 Å². The second kappa shape index (κ2) is 3.73. The van der Waals surface area contributed by atoms with E-state index < -0.39 is 0 Å². The Hall–Kier alpha value is -0.350. The lowest BCUT2D eigenvalue weighted by molar-refractivity contribution is 0.971. The largest absolute Gasteiger partial charge is 0.359 e. The molecule has 0 radical (unpaired) electrons. The van der Waals surface area contributed by atoms with E-state index in [1.165, 1.54) is 11.3 Å². The molecule has 5 heteroatoms. The molecule has 0 saturated heterocycles. The first-order valence-corrected chi connectivity index (χ1v) is 4.25. The van der Waals surface area contributed by atoms with Gasteiger partial charge in [-0.2, -0.15) is 0 Å². The first kappa shape index (κ1) is 7.75. The molecule has 10 heavy (non-hydrogen) atoms. The molecule has 1 rings (SSSR count). The number of alkyl halides is 1. The van der Waals surface area contributed by atoms with Crippen LogP contribution < -0.4 is 5.32 Å². The van der Waals surface area contributed by atoms with Crippen LogP contribution in [0.3, 0.4) is 0 Å². The minimum atomic E-state index is 0.129. The van der Waals surface area contributed by atoms with E-state index in [2.05, 4.69) is 15.5 Å². The molecular weight excluding hydrogens is 170 g/mol. The van der Waals surface area contributed by atoms with Crippen LogP contribution in [0, 0.1) is 0 Å². The number of nitrogens with one attached hydrogen (secondary N) is 1. The van der Waals surface area contributed by atoms with Gasteiger partial charge in [0.2, 0.25) is 5.13 Å². The molecule has 1 atom stereocenters. The van der Waals surface area contributed by atoms with Gasteiger partial charge in [-0.1, -0.05) is 11.3 Å². The van der Waals surface area contributed by atoms with E-state index in [9.17, 15) is 0 Å². The van der Waals surface area contributed by atoms with Crippen molar-refractivity contribution in [2.24, 2.45) is 0 Å². The van der Waals surface area contributed by atoms with E-state index in [0.717, 1.165) is 11.7 Å². The minimum absolute atomic E-state index is 0.129. The predicted octanol–water partition coefficient (Wildman–Crippen LogP) is 1.58. The fraction of sp³-hybridized carbons (Fsp3) is 0.600. The quantitative estimate of drug-likeness (QED) is 0.713. The summed E-state index contributed by atoms with van der Waals surface area (Å²) in [6, 6.07) is 0. The average molecular weight is 178 g/mol. The van der Waals surface area contributed by atoms with E-state index in [-0.39, 0.29) is 5.38 Å². The van der Waals surface area contributed by atoms with E-state index in [1.807, 2.05) is 6.92 Å². The molecule has 3 nitrogen and oxygen atoms in total. The summed E-state index contributed by atoms with van der Waals surface area (Å²) in [6.45, 7) is 2.66. The zero-order valence-electron chi connectivity index (χ0n) is 5.54. The summed E-state index contributed by atoms with van der Waals surface area (Å²) >= 11 is 7.16. The third kappa shape index (κ3) is 2.49. The molecule has 0 aliphatic carbocycles. The lowest BCUT2D eigenvalue weighted by atomic mass is 10.5. The number of hydrogen-bond acceptors (Lipinski definition) is 4. The second-order valence-electron chi connectivity index (χ2n) is 1.91. The fourth-order valence-corrected chi connectivity index (χ4v) is 1.01. The summed E-state index contributed by atoms with van der Waals surface area (Å²) in [5.41, 5.74) is 1.68. The van der Waals surface area contributed by atoms with E-state index in [4.69, 9.17) is 11.6 Å². The van der Waals surface area contributed by atoms with Crippen molar-refractivity contribution in [2.75, 3.05) is 11.9 Å². The molecule has 0 saturated carbocycles. The molecule has 0 aliphatic heterocycles. The molecule has 0 fully saturated rings. The molecule has 0 spiro atoms. The SMILES string of the molecule is CC(Cl)CNc1nncs1. The van der Waals surface area contributed by atoms with Gasteiger partial charge in [0.25, 0.3) is 0 Å². The normalized spacial score (nSPS) is 13.0. The standard InChI is InChI=1S/C5H8ClN3S/c1-4(6)2-7-5-9-8-3-10-5/h3-4H,2H2,1H3,(H,7,9). The highest BCUT2D eigenvalue weighted by molar-refractivity contribution is 7.13. The van der Waals surface area contributed by atoms with Gasteiger partial charge in [0.15, 0.2) is 0 Å². The van der Waals surface area contributed by atoms with Gasteiger partial charge in [-0.05, 0) is 6.92 Å². The van der Waals surface area contributed by atoms with Crippen LogP contribution in [0.15, 0.2) is 5.51 Å². The average Bonchev–Trinajstić information content (AvgIpc) is 2.34. The van der Waals surface area contributed by atoms with Gasteiger partial charge < -0.3 is 5.32 Å². The van der Waals surface area contributed by atoms with Crippen LogP contribution in [0.25, 0.3) is 0 Å². The number of aromatic nitrogens is 2. The molecule has 0 aliphatic rings. The first-order chi connectivity index (χ1) is 4.79. The Morgan fingerprint density at radius 1 is 1.90 bits per heavy atom. The summed E-state index contributed by atoms with van der Waals surface area (Å²) in [5.74, 6) is 0. The Morgan fingerprint density at radius 3 is 3.20 bits per heavy atom. The van der Waals surface area contributed by atoms with Crippen molar-refractivity contribution in [1.82, 2.24) is 10.2 Å². The van der Waals surface area contributed by atoms with Gasteiger partial charge in [-0.15, -0.1) is 21.8 Å². The zero-order valence-corrected chi connectivity index (χ0v) is 7.11. The summed E-state index contributed by atoms with van der Waals surface area (Å²) in [7, 11) is 0. The number of rotatable bonds is 3. The van der Waals surface area contributed by atoms with Crippen LogP contribution in [0.4, 0.5) is 5.13 Å². The van der Waals surface area contributed by atoms with Gasteiger partial charge >= 0.3 is 0 Å². The molecule has 56 valence electrons. The molecule has 1 unspecified atom stereocenters. The van der Waals surface area contributed by atoms with Crippen molar-refractivity contribution in [2.45, 2.75) is 12.3 Å². The number of halogens is 1. The molecule has 0 amide bonds. The van der Waals surface area contributed by atoms with Crippen LogP contribution >= 0.6 is 22.9 Å². The van der Waals surface area contributed by atoms with E-state index in [0.29, 0.717) is 0 Å². The third-order valence-corrected chi connectivity index (χ3v) is 1.70. The highest BCUT2D eigenvalue weighted by Gasteiger charge is 1.97. The van der Waals surface area contributed by atoms with Crippen molar-refractivity contribution < 1.29 is 0 Å². The van der Waals surface area contributed by atoms with E-state index >= 15 is 0 Å². The van der Waals surface area contributed by atoms with Crippen LogP contribution in [-0.2, 0) is 0 Å². The summed E-state index contributed by atoms with van der Waals surface area (Å²) in [6.07, 6.45) is 0. The number of anilines is 1. The topological polar surface area (TPSA) is 37.8 Å². The fourth-order valence-electron chi connectivity index (χ4n) is 0.478. The molecule has 1 aromatic heterocycles.